The van der Waals surface area contributed by atoms with Crippen molar-refractivity contribution >= 4 is 28.5 Å². The fraction of sp³-hybridized carbons (Fsp3) is 0.444. The van der Waals surface area contributed by atoms with Gasteiger partial charge in [0.25, 0.3) is 0 Å². The quantitative estimate of drug-likeness (QED) is 0.643. The summed E-state index contributed by atoms with van der Waals surface area (Å²) in [6.45, 7) is 4.91. The van der Waals surface area contributed by atoms with Crippen molar-refractivity contribution in [1.29, 1.82) is 0 Å². The van der Waals surface area contributed by atoms with Crippen LogP contribution in [-0.2, 0) is 4.79 Å². The van der Waals surface area contributed by atoms with Crippen LogP contribution in [-0.4, -0.2) is 50.7 Å². The van der Waals surface area contributed by atoms with Gasteiger partial charge in [0.15, 0.2) is 5.78 Å². The second-order valence-corrected chi connectivity index (χ2v) is 6.76. The molecule has 0 aromatic carbocycles. The van der Waals surface area contributed by atoms with Gasteiger partial charge in [-0.2, -0.15) is 0 Å². The molecular weight excluding hydrogens is 318 g/mol. The van der Waals surface area contributed by atoms with Crippen LogP contribution in [0.15, 0.2) is 25.2 Å². The summed E-state index contributed by atoms with van der Waals surface area (Å²) < 4.78 is 0. The largest absolute Gasteiger partial charge is 0.365 e. The third kappa shape index (κ3) is 3.01. The maximum Gasteiger partial charge on any atom is 0.246 e. The van der Waals surface area contributed by atoms with E-state index in [9.17, 15) is 9.59 Å². The SMILES string of the molecule is C=CC(=O)N1CCCC(Nc2ncnc3[nH]cc(C(=O)C4CC4)c23)C1. The van der Waals surface area contributed by atoms with Gasteiger partial charge < -0.3 is 15.2 Å². The summed E-state index contributed by atoms with van der Waals surface area (Å²) in [5, 5.41) is 4.18. The second-order valence-electron chi connectivity index (χ2n) is 6.76. The van der Waals surface area contributed by atoms with Gasteiger partial charge in [-0.1, -0.05) is 6.58 Å². The monoisotopic (exact) mass is 339 g/mol. The molecule has 1 amide bonds. The number of H-pyrrole nitrogens is 1. The van der Waals surface area contributed by atoms with E-state index in [0.717, 1.165) is 37.6 Å². The van der Waals surface area contributed by atoms with Crippen molar-refractivity contribution in [2.45, 2.75) is 31.7 Å². The van der Waals surface area contributed by atoms with Crippen LogP contribution in [0.25, 0.3) is 11.0 Å². The number of aromatic amines is 1. The molecule has 25 heavy (non-hydrogen) atoms. The Morgan fingerprint density at radius 2 is 2.16 bits per heavy atom. The van der Waals surface area contributed by atoms with Crippen LogP contribution in [0.4, 0.5) is 5.82 Å². The number of likely N-dealkylation sites (tertiary alicyclic amines) is 1. The van der Waals surface area contributed by atoms with Gasteiger partial charge in [0.1, 0.15) is 17.8 Å². The average Bonchev–Trinajstić information content (AvgIpc) is 3.40. The van der Waals surface area contributed by atoms with Crippen LogP contribution in [0, 0.1) is 5.92 Å². The van der Waals surface area contributed by atoms with Gasteiger partial charge in [-0.3, -0.25) is 9.59 Å². The van der Waals surface area contributed by atoms with Crippen molar-refractivity contribution < 1.29 is 9.59 Å². The van der Waals surface area contributed by atoms with Crippen molar-refractivity contribution in [2.75, 3.05) is 18.4 Å². The number of hydrogen-bond donors (Lipinski definition) is 2. The first-order chi connectivity index (χ1) is 12.2. The predicted molar refractivity (Wildman–Crippen MR) is 94.4 cm³/mol. The Bertz CT molecular complexity index is 839. The van der Waals surface area contributed by atoms with E-state index in [1.54, 1.807) is 11.1 Å². The van der Waals surface area contributed by atoms with Crippen LogP contribution in [0.3, 0.4) is 0 Å². The highest BCUT2D eigenvalue weighted by atomic mass is 16.2. The Morgan fingerprint density at radius 3 is 2.92 bits per heavy atom. The molecule has 2 aromatic rings. The van der Waals surface area contributed by atoms with Crippen molar-refractivity contribution in [3.63, 3.8) is 0 Å². The molecule has 2 aliphatic rings. The van der Waals surface area contributed by atoms with Crippen LogP contribution in [0.2, 0.25) is 0 Å². The van der Waals surface area contributed by atoms with Gasteiger partial charge in [0.2, 0.25) is 5.91 Å². The fourth-order valence-electron chi connectivity index (χ4n) is 3.45. The van der Waals surface area contributed by atoms with E-state index in [1.165, 1.54) is 12.4 Å². The molecule has 2 N–H and O–H groups in total. The molecule has 1 aliphatic carbocycles. The zero-order valence-electron chi connectivity index (χ0n) is 14.0. The normalized spacial score (nSPS) is 20.5. The summed E-state index contributed by atoms with van der Waals surface area (Å²) in [6, 6.07) is 0.0922. The number of fused-ring (bicyclic) bond motifs is 1. The Kier molecular flexibility index (Phi) is 3.99. The molecule has 3 heterocycles. The van der Waals surface area contributed by atoms with Gasteiger partial charge in [-0.25, -0.2) is 9.97 Å². The smallest absolute Gasteiger partial charge is 0.246 e. The molecule has 0 spiro atoms. The highest BCUT2D eigenvalue weighted by Gasteiger charge is 2.33. The number of carbonyl (C=O) groups is 2. The number of hydrogen-bond acceptors (Lipinski definition) is 5. The number of carbonyl (C=O) groups excluding carboxylic acids is 2. The molecule has 1 aliphatic heterocycles. The molecule has 2 aromatic heterocycles. The minimum atomic E-state index is -0.0504. The molecule has 1 atom stereocenters. The number of rotatable bonds is 5. The highest BCUT2D eigenvalue weighted by Crippen LogP contribution is 2.36. The van der Waals surface area contributed by atoms with E-state index in [2.05, 4.69) is 26.8 Å². The third-order valence-electron chi connectivity index (χ3n) is 4.93. The van der Waals surface area contributed by atoms with E-state index in [1.807, 2.05) is 0 Å². The van der Waals surface area contributed by atoms with E-state index < -0.39 is 0 Å². The van der Waals surface area contributed by atoms with Gasteiger partial charge in [-0.05, 0) is 31.8 Å². The summed E-state index contributed by atoms with van der Waals surface area (Å²) in [4.78, 5) is 37.9. The maximum atomic E-state index is 12.5. The second kappa shape index (κ2) is 6.31. The molecule has 0 radical (unpaired) electrons. The summed E-state index contributed by atoms with van der Waals surface area (Å²) in [5.41, 5.74) is 1.33. The van der Waals surface area contributed by atoms with Gasteiger partial charge in [0.05, 0.1) is 5.39 Å². The van der Waals surface area contributed by atoms with Crippen molar-refractivity contribution in [2.24, 2.45) is 5.92 Å². The fourth-order valence-corrected chi connectivity index (χ4v) is 3.45. The van der Waals surface area contributed by atoms with Crippen LogP contribution in [0.5, 0.6) is 0 Å². The number of nitrogens with zero attached hydrogens (tertiary/aromatic N) is 3. The molecule has 130 valence electrons. The topological polar surface area (TPSA) is 91.0 Å². The highest BCUT2D eigenvalue weighted by molar-refractivity contribution is 6.12. The minimum Gasteiger partial charge on any atom is -0.365 e. The van der Waals surface area contributed by atoms with Gasteiger partial charge in [0, 0.05) is 36.8 Å². The molecule has 1 unspecified atom stereocenters. The Balaban J connectivity index is 1.60. The first-order valence-corrected chi connectivity index (χ1v) is 8.71. The Morgan fingerprint density at radius 1 is 1.32 bits per heavy atom. The molecular formula is C18H21N5O2. The van der Waals surface area contributed by atoms with Crippen molar-refractivity contribution in [3.8, 4) is 0 Å². The van der Waals surface area contributed by atoms with E-state index in [4.69, 9.17) is 0 Å². The number of nitrogens with one attached hydrogen (secondary N) is 2. The number of piperidine rings is 1. The lowest BCUT2D eigenvalue weighted by Gasteiger charge is -2.32. The number of ketones is 1. The van der Waals surface area contributed by atoms with Gasteiger partial charge >= 0.3 is 0 Å². The molecule has 1 saturated heterocycles. The van der Waals surface area contributed by atoms with Crippen LogP contribution >= 0.6 is 0 Å². The molecule has 0 bridgehead atoms. The lowest BCUT2D eigenvalue weighted by molar-refractivity contribution is -0.127. The summed E-state index contributed by atoms with van der Waals surface area (Å²) in [6.07, 6.45) is 8.37. The first kappa shape index (κ1) is 15.8. The van der Waals surface area contributed by atoms with Crippen molar-refractivity contribution in [3.05, 3.63) is 30.7 Å². The van der Waals surface area contributed by atoms with E-state index in [0.29, 0.717) is 23.6 Å². The molecule has 2 fully saturated rings. The standard InChI is InChI=1S/C18H21N5O2/c1-2-14(24)23-7-3-4-12(9-23)22-18-15-13(16(25)11-5-6-11)8-19-17(15)20-10-21-18/h2,8,10-12H,1,3-7,9H2,(H2,19,20,21,22). The lowest BCUT2D eigenvalue weighted by atomic mass is 10.0. The summed E-state index contributed by atoms with van der Waals surface area (Å²) in [5.74, 6) is 0.914. The molecule has 1 saturated carbocycles. The number of Topliss-reactive ketones (excluding diaryl/α,β-unsaturated/α-hetero) is 1. The minimum absolute atomic E-state index is 0.0504. The lowest BCUT2D eigenvalue weighted by Crippen LogP contribution is -2.44. The maximum absolute atomic E-state index is 12.5. The first-order valence-electron chi connectivity index (χ1n) is 8.71. The van der Waals surface area contributed by atoms with Crippen molar-refractivity contribution in [1.82, 2.24) is 19.9 Å². The molecule has 7 heteroatoms. The number of amides is 1. The average molecular weight is 339 g/mol. The van der Waals surface area contributed by atoms with Crippen LogP contribution in [0.1, 0.15) is 36.0 Å². The number of aromatic nitrogens is 3. The predicted octanol–water partition coefficient (Wildman–Crippen LogP) is 2.14. The summed E-state index contributed by atoms with van der Waals surface area (Å²) >= 11 is 0. The molecule has 7 nitrogen and oxygen atoms in total. The Labute approximate surface area is 145 Å². The zero-order valence-corrected chi connectivity index (χ0v) is 14.0. The van der Waals surface area contributed by atoms with Gasteiger partial charge in [-0.15, -0.1) is 0 Å². The number of anilines is 1. The zero-order chi connectivity index (χ0) is 17.4. The van der Waals surface area contributed by atoms with E-state index in [-0.39, 0.29) is 23.7 Å². The third-order valence-corrected chi connectivity index (χ3v) is 4.93. The summed E-state index contributed by atoms with van der Waals surface area (Å²) in [7, 11) is 0. The molecule has 4 rings (SSSR count). The van der Waals surface area contributed by atoms with E-state index >= 15 is 0 Å². The van der Waals surface area contributed by atoms with Crippen LogP contribution < -0.4 is 5.32 Å². The Hall–Kier alpha value is -2.70.